The number of alkyl halides is 1. The molecule has 1 fully saturated rings. The lowest BCUT2D eigenvalue weighted by Crippen LogP contribution is -2.46. The van der Waals surface area contributed by atoms with Crippen molar-refractivity contribution in [3.8, 4) is 11.1 Å². The van der Waals surface area contributed by atoms with Gasteiger partial charge in [0.15, 0.2) is 0 Å². The number of halogens is 2. The maximum absolute atomic E-state index is 14.5. The Morgan fingerprint density at radius 2 is 1.91 bits per heavy atom. The lowest BCUT2D eigenvalue weighted by molar-refractivity contribution is -0.134. The third kappa shape index (κ3) is 5.07. The number of nitrogens with zero attached hydrogens (tertiary/aromatic N) is 2. The van der Waals surface area contributed by atoms with Gasteiger partial charge in [-0.1, -0.05) is 37.5 Å². The zero-order valence-electron chi connectivity index (χ0n) is 19.3. The van der Waals surface area contributed by atoms with E-state index in [0.717, 1.165) is 52.6 Å². The first-order valence-corrected chi connectivity index (χ1v) is 13.8. The summed E-state index contributed by atoms with van der Waals surface area (Å²) in [6.45, 7) is 0.484. The molecule has 0 spiro atoms. The normalized spacial score (nSPS) is 20.0. The molecular formula is C27H28ClFN3OPS. The quantitative estimate of drug-likeness (QED) is 0.322. The molecule has 1 aliphatic carbocycles. The Kier molecular flexibility index (Phi) is 7.34. The van der Waals surface area contributed by atoms with E-state index in [1.54, 1.807) is 18.3 Å². The molecule has 182 valence electrons. The molecule has 1 aromatic heterocycles. The molecule has 3 aromatic rings. The number of pyridine rings is 1. The third-order valence-electron chi connectivity index (χ3n) is 6.95. The summed E-state index contributed by atoms with van der Waals surface area (Å²) in [4.78, 5) is 21.0. The fourth-order valence-corrected chi connectivity index (χ4v) is 7.13. The monoisotopic (exact) mass is 527 g/mol. The van der Waals surface area contributed by atoms with Gasteiger partial charge in [-0.3, -0.25) is 4.79 Å². The van der Waals surface area contributed by atoms with Crippen LogP contribution >= 0.6 is 32.6 Å². The maximum atomic E-state index is 14.5. The van der Waals surface area contributed by atoms with Crippen molar-refractivity contribution in [1.29, 1.82) is 0 Å². The van der Waals surface area contributed by atoms with Crippen molar-refractivity contribution in [1.82, 2.24) is 9.88 Å². The van der Waals surface area contributed by atoms with Crippen LogP contribution in [0.3, 0.4) is 0 Å². The number of hydrogen-bond donors (Lipinski definition) is 1. The summed E-state index contributed by atoms with van der Waals surface area (Å²) in [6.07, 6.45) is 7.13. The Morgan fingerprint density at radius 3 is 2.63 bits per heavy atom. The number of nitrogens with two attached hydrogens (primary N) is 1. The Labute approximate surface area is 217 Å². The predicted octanol–water partition coefficient (Wildman–Crippen LogP) is 6.09. The summed E-state index contributed by atoms with van der Waals surface area (Å²) < 4.78 is 14.5. The molecule has 5 rings (SSSR count). The number of rotatable bonds is 5. The van der Waals surface area contributed by atoms with Crippen molar-refractivity contribution in [2.24, 2.45) is 0 Å². The molecule has 3 atom stereocenters. The second-order valence-electron chi connectivity index (χ2n) is 9.24. The van der Waals surface area contributed by atoms with Crippen LogP contribution in [0, 0.1) is 5.82 Å². The summed E-state index contributed by atoms with van der Waals surface area (Å²) in [6, 6.07) is 15.0. The molecule has 1 amide bonds. The van der Waals surface area contributed by atoms with Crippen molar-refractivity contribution >= 4 is 49.6 Å². The van der Waals surface area contributed by atoms with Gasteiger partial charge in [0.25, 0.3) is 0 Å². The molecular weight excluding hydrogens is 500 g/mol. The SMILES string of the molecule is Nc1ccc(-c2ccc(P)c(CN(C(=O)C3Sc4cccc(F)c4C3Cl)C3CCCCC3)c2)cn1. The van der Waals surface area contributed by atoms with Crippen LogP contribution in [-0.4, -0.2) is 27.1 Å². The predicted molar refractivity (Wildman–Crippen MR) is 145 cm³/mol. The maximum Gasteiger partial charge on any atom is 0.238 e. The molecule has 3 unspecified atom stereocenters. The van der Waals surface area contributed by atoms with Crippen molar-refractivity contribution in [3.63, 3.8) is 0 Å². The van der Waals surface area contributed by atoms with E-state index in [9.17, 15) is 9.18 Å². The van der Waals surface area contributed by atoms with Crippen LogP contribution < -0.4 is 11.0 Å². The van der Waals surface area contributed by atoms with Crippen molar-refractivity contribution in [2.45, 2.75) is 60.2 Å². The van der Waals surface area contributed by atoms with E-state index < -0.39 is 10.6 Å². The minimum Gasteiger partial charge on any atom is -0.384 e. The number of hydrogen-bond acceptors (Lipinski definition) is 4. The third-order valence-corrected chi connectivity index (χ3v) is 9.47. The molecule has 35 heavy (non-hydrogen) atoms. The van der Waals surface area contributed by atoms with Crippen LogP contribution in [0.4, 0.5) is 10.2 Å². The van der Waals surface area contributed by atoms with E-state index in [1.807, 2.05) is 23.1 Å². The number of anilines is 1. The zero-order valence-corrected chi connectivity index (χ0v) is 22.0. The standard InChI is InChI=1S/C27H28ClFN3OPS/c28-25-24-20(29)7-4-8-22(24)35-26(25)27(33)32(19-5-2-1-3-6-19)15-18-13-16(9-11-21(18)34)17-10-12-23(30)31-14-17/h4,7-14,19,25-26H,1-3,5-6,15,34H2,(H2,30,31). The highest BCUT2D eigenvalue weighted by molar-refractivity contribution is 8.01. The first-order valence-electron chi connectivity index (χ1n) is 11.9. The Hall–Kier alpha value is -2.14. The van der Waals surface area contributed by atoms with Gasteiger partial charge in [0, 0.05) is 34.8 Å². The largest absolute Gasteiger partial charge is 0.384 e. The van der Waals surface area contributed by atoms with Crippen LogP contribution in [0.15, 0.2) is 59.6 Å². The molecule has 0 radical (unpaired) electrons. The summed E-state index contributed by atoms with van der Waals surface area (Å²) in [7, 11) is 2.79. The van der Waals surface area contributed by atoms with Crippen molar-refractivity contribution in [2.75, 3.05) is 5.73 Å². The van der Waals surface area contributed by atoms with E-state index >= 15 is 0 Å². The number of aromatic nitrogens is 1. The average molecular weight is 528 g/mol. The highest BCUT2D eigenvalue weighted by Crippen LogP contribution is 2.49. The van der Waals surface area contributed by atoms with Gasteiger partial charge < -0.3 is 10.6 Å². The molecule has 4 nitrogen and oxygen atoms in total. The van der Waals surface area contributed by atoms with Gasteiger partial charge in [-0.05, 0) is 59.6 Å². The van der Waals surface area contributed by atoms with Crippen molar-refractivity contribution in [3.05, 3.63) is 71.7 Å². The number of carbonyl (C=O) groups excluding carboxylic acids is 1. The summed E-state index contributed by atoms with van der Waals surface area (Å²) >= 11 is 8.10. The van der Waals surface area contributed by atoms with Crippen LogP contribution in [0.1, 0.15) is 48.6 Å². The number of fused-ring (bicyclic) bond motifs is 1. The fourth-order valence-electron chi connectivity index (χ4n) is 5.04. The van der Waals surface area contributed by atoms with Crippen LogP contribution in [0.25, 0.3) is 11.1 Å². The first-order chi connectivity index (χ1) is 16.9. The molecule has 2 N–H and O–H groups in total. The second kappa shape index (κ2) is 10.5. The molecule has 1 aliphatic heterocycles. The Morgan fingerprint density at radius 1 is 1.14 bits per heavy atom. The zero-order chi connectivity index (χ0) is 24.5. The number of nitrogen functional groups attached to an aromatic ring is 1. The summed E-state index contributed by atoms with van der Waals surface area (Å²) in [5.74, 6) is 0.126. The van der Waals surface area contributed by atoms with Gasteiger partial charge in [0.1, 0.15) is 16.9 Å². The van der Waals surface area contributed by atoms with Gasteiger partial charge in [0.05, 0.1) is 5.38 Å². The number of thioether (sulfide) groups is 1. The van der Waals surface area contributed by atoms with E-state index in [2.05, 4.69) is 26.4 Å². The Bertz CT molecular complexity index is 1240. The van der Waals surface area contributed by atoms with E-state index in [4.69, 9.17) is 17.3 Å². The number of amides is 1. The molecule has 0 saturated heterocycles. The highest BCUT2D eigenvalue weighted by atomic mass is 35.5. The van der Waals surface area contributed by atoms with E-state index in [-0.39, 0.29) is 17.8 Å². The van der Waals surface area contributed by atoms with E-state index in [0.29, 0.717) is 17.9 Å². The smallest absolute Gasteiger partial charge is 0.238 e. The molecule has 8 heteroatoms. The van der Waals surface area contributed by atoms with Gasteiger partial charge in [-0.25, -0.2) is 9.37 Å². The second-order valence-corrected chi connectivity index (χ2v) is 11.5. The molecule has 2 heterocycles. The summed E-state index contributed by atoms with van der Waals surface area (Å²) in [5, 5.41) is -0.179. The highest BCUT2D eigenvalue weighted by Gasteiger charge is 2.42. The van der Waals surface area contributed by atoms with Gasteiger partial charge in [0.2, 0.25) is 5.91 Å². The lowest BCUT2D eigenvalue weighted by Gasteiger charge is -2.36. The summed E-state index contributed by atoms with van der Waals surface area (Å²) in [5.41, 5.74) is 9.26. The first kappa shape index (κ1) is 24.5. The average Bonchev–Trinajstić information content (AvgIpc) is 3.21. The minimum absolute atomic E-state index is 0.0125. The lowest BCUT2D eigenvalue weighted by atomic mass is 9.93. The molecule has 1 saturated carbocycles. The number of benzene rings is 2. The molecule has 2 aromatic carbocycles. The molecule has 2 aliphatic rings. The topological polar surface area (TPSA) is 59.2 Å². The van der Waals surface area contributed by atoms with Crippen molar-refractivity contribution < 1.29 is 9.18 Å². The number of carbonyl (C=O) groups is 1. The van der Waals surface area contributed by atoms with E-state index in [1.165, 1.54) is 24.2 Å². The fraction of sp³-hybridized carbons (Fsp3) is 0.333. The van der Waals surface area contributed by atoms with Crippen LogP contribution in [-0.2, 0) is 11.3 Å². The van der Waals surface area contributed by atoms with Crippen LogP contribution in [0.2, 0.25) is 0 Å². The minimum atomic E-state index is -0.683. The van der Waals surface area contributed by atoms with Gasteiger partial charge >= 0.3 is 0 Å². The molecule has 0 bridgehead atoms. The Balaban J connectivity index is 1.45. The van der Waals surface area contributed by atoms with Crippen LogP contribution in [0.5, 0.6) is 0 Å². The van der Waals surface area contributed by atoms with Gasteiger partial charge in [-0.15, -0.1) is 32.6 Å². The van der Waals surface area contributed by atoms with Gasteiger partial charge in [-0.2, -0.15) is 0 Å².